The molecule has 1 aliphatic rings. The Balaban J connectivity index is 1.87. The maximum atomic E-state index is 13.1. The molecule has 0 radical (unpaired) electrons. The summed E-state index contributed by atoms with van der Waals surface area (Å²) < 4.78 is 14.6. The van der Waals surface area contributed by atoms with Crippen LogP contribution in [0.2, 0.25) is 0 Å². The zero-order chi connectivity index (χ0) is 18.1. The van der Waals surface area contributed by atoms with Gasteiger partial charge in [0.25, 0.3) is 5.91 Å². The number of carbonyl (C=O) groups excluding carboxylic acids is 2. The Hall–Kier alpha value is -2.77. The molecule has 3 rings (SSSR count). The van der Waals surface area contributed by atoms with E-state index in [4.69, 9.17) is 5.73 Å². The predicted octanol–water partition coefficient (Wildman–Crippen LogP) is 1.44. The Morgan fingerprint density at radius 1 is 1.24 bits per heavy atom. The molecule has 0 spiro atoms. The summed E-state index contributed by atoms with van der Waals surface area (Å²) in [5, 5.41) is 8.02. The van der Waals surface area contributed by atoms with Crippen LogP contribution in [0.15, 0.2) is 24.3 Å². The number of carbonyl (C=O) groups is 2. The number of nitrogens with two attached hydrogens (primary N) is 1. The number of piperidine rings is 1. The minimum atomic E-state index is -0.392. The Morgan fingerprint density at radius 2 is 1.92 bits per heavy atom. The fraction of sp³-hybridized carbons (Fsp3) is 0.412. The molecule has 2 N–H and O–H groups in total. The van der Waals surface area contributed by atoms with Crippen molar-refractivity contribution in [1.29, 1.82) is 0 Å². The molecule has 1 saturated heterocycles. The molecule has 8 heteroatoms. The first-order valence-corrected chi connectivity index (χ1v) is 8.17. The first kappa shape index (κ1) is 17.1. The van der Waals surface area contributed by atoms with Crippen LogP contribution in [0, 0.1) is 18.7 Å². The van der Waals surface area contributed by atoms with Crippen molar-refractivity contribution in [2.45, 2.75) is 32.7 Å². The molecule has 1 fully saturated rings. The zero-order valence-corrected chi connectivity index (χ0v) is 14.1. The maximum Gasteiger partial charge on any atom is 0.276 e. The zero-order valence-electron chi connectivity index (χ0n) is 14.1. The van der Waals surface area contributed by atoms with Crippen LogP contribution in [-0.4, -0.2) is 44.3 Å². The van der Waals surface area contributed by atoms with Gasteiger partial charge < -0.3 is 10.6 Å². The highest BCUT2D eigenvalue weighted by molar-refractivity contribution is 5.94. The molecule has 132 valence electrons. The van der Waals surface area contributed by atoms with Crippen LogP contribution >= 0.6 is 0 Å². The third kappa shape index (κ3) is 3.24. The van der Waals surface area contributed by atoms with Crippen molar-refractivity contribution in [2.24, 2.45) is 11.7 Å². The van der Waals surface area contributed by atoms with Gasteiger partial charge in [0.1, 0.15) is 5.82 Å². The smallest absolute Gasteiger partial charge is 0.276 e. The summed E-state index contributed by atoms with van der Waals surface area (Å²) in [5.41, 5.74) is 6.80. The van der Waals surface area contributed by atoms with Gasteiger partial charge in [0, 0.05) is 12.6 Å². The highest BCUT2D eigenvalue weighted by Crippen LogP contribution is 2.24. The molecule has 7 nitrogen and oxygen atoms in total. The minimum absolute atomic E-state index is 0.00142. The second-order valence-electron chi connectivity index (χ2n) is 6.39. The largest absolute Gasteiger partial charge is 0.369 e. The summed E-state index contributed by atoms with van der Waals surface area (Å²) in [6.07, 6.45) is 1.39. The van der Waals surface area contributed by atoms with Crippen molar-refractivity contribution in [2.75, 3.05) is 6.54 Å². The van der Waals surface area contributed by atoms with Crippen molar-refractivity contribution in [1.82, 2.24) is 19.9 Å². The molecule has 1 aromatic heterocycles. The Kier molecular flexibility index (Phi) is 4.52. The topological polar surface area (TPSA) is 94.1 Å². The van der Waals surface area contributed by atoms with Crippen LogP contribution in [0.25, 0.3) is 5.69 Å². The number of halogens is 1. The van der Waals surface area contributed by atoms with E-state index in [1.54, 1.807) is 24.0 Å². The molecular weight excluding hydrogens is 325 g/mol. The van der Waals surface area contributed by atoms with E-state index in [2.05, 4.69) is 10.3 Å². The third-order valence-corrected chi connectivity index (χ3v) is 4.71. The summed E-state index contributed by atoms with van der Waals surface area (Å²) in [6.45, 7) is 3.96. The molecule has 2 heterocycles. The molecule has 2 amide bonds. The van der Waals surface area contributed by atoms with Gasteiger partial charge in [-0.3, -0.25) is 9.59 Å². The van der Waals surface area contributed by atoms with E-state index in [0.29, 0.717) is 24.2 Å². The number of aromatic nitrogens is 3. The van der Waals surface area contributed by atoms with Crippen molar-refractivity contribution < 1.29 is 14.0 Å². The second kappa shape index (κ2) is 6.62. The van der Waals surface area contributed by atoms with Gasteiger partial charge in [0.05, 0.1) is 17.3 Å². The molecule has 0 aliphatic carbocycles. The molecular formula is C17H20FN5O2. The number of hydrogen-bond acceptors (Lipinski definition) is 4. The number of primary amides is 1. The summed E-state index contributed by atoms with van der Waals surface area (Å²) in [7, 11) is 0. The van der Waals surface area contributed by atoms with E-state index in [1.807, 2.05) is 6.92 Å². The van der Waals surface area contributed by atoms with E-state index in [1.165, 1.54) is 16.8 Å². The number of hydrogen-bond donors (Lipinski definition) is 1. The van der Waals surface area contributed by atoms with Crippen LogP contribution in [0.1, 0.15) is 35.9 Å². The fourth-order valence-corrected chi connectivity index (χ4v) is 3.11. The highest BCUT2D eigenvalue weighted by Gasteiger charge is 2.34. The second-order valence-corrected chi connectivity index (χ2v) is 6.39. The maximum absolute atomic E-state index is 13.1. The average Bonchev–Trinajstić information content (AvgIpc) is 2.97. The van der Waals surface area contributed by atoms with Gasteiger partial charge in [-0.25, -0.2) is 9.07 Å². The van der Waals surface area contributed by atoms with E-state index >= 15 is 0 Å². The van der Waals surface area contributed by atoms with Gasteiger partial charge in [-0.15, -0.1) is 5.10 Å². The van der Waals surface area contributed by atoms with E-state index < -0.39 is 5.91 Å². The van der Waals surface area contributed by atoms with Crippen LogP contribution < -0.4 is 5.73 Å². The number of benzene rings is 1. The van der Waals surface area contributed by atoms with Gasteiger partial charge in [-0.05, 0) is 51.0 Å². The first-order valence-electron chi connectivity index (χ1n) is 8.17. The van der Waals surface area contributed by atoms with E-state index in [0.717, 1.165) is 0 Å². The van der Waals surface area contributed by atoms with Gasteiger partial charge in [-0.1, -0.05) is 5.21 Å². The molecule has 25 heavy (non-hydrogen) atoms. The summed E-state index contributed by atoms with van der Waals surface area (Å²) >= 11 is 0. The van der Waals surface area contributed by atoms with Crippen molar-refractivity contribution in [3.8, 4) is 5.69 Å². The Labute approximate surface area is 144 Å². The van der Waals surface area contributed by atoms with Crippen LogP contribution in [0.3, 0.4) is 0 Å². The van der Waals surface area contributed by atoms with Gasteiger partial charge in [-0.2, -0.15) is 0 Å². The van der Waals surface area contributed by atoms with Crippen molar-refractivity contribution >= 4 is 11.8 Å². The van der Waals surface area contributed by atoms with Gasteiger partial charge in [0.15, 0.2) is 5.69 Å². The lowest BCUT2D eigenvalue weighted by Gasteiger charge is -2.36. The molecule has 1 aliphatic heterocycles. The predicted molar refractivity (Wildman–Crippen MR) is 88.5 cm³/mol. The normalized spacial score (nSPS) is 20.5. The molecule has 0 unspecified atom stereocenters. The van der Waals surface area contributed by atoms with Crippen molar-refractivity contribution in [3.63, 3.8) is 0 Å². The number of likely N-dealkylation sites (tertiary alicyclic amines) is 1. The molecule has 2 atom stereocenters. The van der Waals surface area contributed by atoms with Crippen LogP contribution in [-0.2, 0) is 4.79 Å². The standard InChI is InChI=1S/C17H20FN5O2/c1-10-3-4-12(16(19)24)9-22(10)17(25)15-11(2)23(21-20-15)14-7-5-13(18)6-8-14/h5-8,10,12H,3-4,9H2,1-2H3,(H2,19,24)/t10-,12-/m1/s1. The number of rotatable bonds is 3. The molecule has 0 saturated carbocycles. The highest BCUT2D eigenvalue weighted by atomic mass is 19.1. The van der Waals surface area contributed by atoms with E-state index in [-0.39, 0.29) is 35.9 Å². The van der Waals surface area contributed by atoms with E-state index in [9.17, 15) is 14.0 Å². The minimum Gasteiger partial charge on any atom is -0.369 e. The summed E-state index contributed by atoms with van der Waals surface area (Å²) in [5.74, 6) is -1.36. The third-order valence-electron chi connectivity index (χ3n) is 4.71. The van der Waals surface area contributed by atoms with Gasteiger partial charge >= 0.3 is 0 Å². The lowest BCUT2D eigenvalue weighted by Crippen LogP contribution is -2.48. The van der Waals surface area contributed by atoms with Gasteiger partial charge in [0.2, 0.25) is 5.91 Å². The Bertz CT molecular complexity index is 802. The lowest BCUT2D eigenvalue weighted by molar-refractivity contribution is -0.123. The summed E-state index contributed by atoms with van der Waals surface area (Å²) in [4.78, 5) is 26.0. The number of nitrogens with zero attached hydrogens (tertiary/aromatic N) is 4. The van der Waals surface area contributed by atoms with Crippen molar-refractivity contribution in [3.05, 3.63) is 41.5 Å². The monoisotopic (exact) mass is 345 g/mol. The summed E-state index contributed by atoms with van der Waals surface area (Å²) in [6, 6.07) is 5.78. The van der Waals surface area contributed by atoms with Crippen LogP contribution in [0.5, 0.6) is 0 Å². The average molecular weight is 345 g/mol. The molecule has 1 aromatic carbocycles. The Morgan fingerprint density at radius 3 is 2.56 bits per heavy atom. The first-order chi connectivity index (χ1) is 11.9. The quantitative estimate of drug-likeness (QED) is 0.911. The molecule has 0 bridgehead atoms. The SMILES string of the molecule is Cc1c(C(=O)N2C[C@H](C(N)=O)CC[C@H]2C)nnn1-c1ccc(F)cc1. The molecule has 2 aromatic rings. The fourth-order valence-electron chi connectivity index (χ4n) is 3.11. The lowest BCUT2D eigenvalue weighted by atomic mass is 9.92. The van der Waals surface area contributed by atoms with Crippen LogP contribution in [0.4, 0.5) is 4.39 Å². The number of amides is 2.